The fourth-order valence-electron chi connectivity index (χ4n) is 3.90. The van der Waals surface area contributed by atoms with E-state index in [4.69, 9.17) is 14.6 Å². The second-order valence-corrected chi connectivity index (χ2v) is 7.45. The number of hydrogen-bond donors (Lipinski definition) is 1. The second kappa shape index (κ2) is 9.51. The molecule has 1 N–H and O–H groups in total. The lowest BCUT2D eigenvalue weighted by Gasteiger charge is -2.37. The Bertz CT molecular complexity index is 1120. The first kappa shape index (κ1) is 21.4. The Morgan fingerprint density at radius 2 is 1.75 bits per heavy atom. The van der Waals surface area contributed by atoms with Crippen LogP contribution in [0.4, 0.5) is 9.18 Å². The van der Waals surface area contributed by atoms with Gasteiger partial charge in [-0.2, -0.15) is 0 Å². The van der Waals surface area contributed by atoms with Gasteiger partial charge in [0.05, 0.1) is 6.04 Å². The van der Waals surface area contributed by atoms with E-state index in [1.807, 2.05) is 54.6 Å². The zero-order chi connectivity index (χ0) is 22.5. The summed E-state index contributed by atoms with van der Waals surface area (Å²) in [6.45, 7) is -0.105. The fourth-order valence-corrected chi connectivity index (χ4v) is 3.90. The van der Waals surface area contributed by atoms with Gasteiger partial charge >= 0.3 is 12.1 Å². The SMILES string of the molecule is O=C(O)COc1ccc(F)cc1[C@@H]1c2ccccc2CCN1C(=O)OCc1ccccc1. The lowest BCUT2D eigenvalue weighted by molar-refractivity contribution is -0.139. The number of amides is 1. The topological polar surface area (TPSA) is 76.1 Å². The number of halogens is 1. The molecule has 164 valence electrons. The zero-order valence-electron chi connectivity index (χ0n) is 17.2. The number of carbonyl (C=O) groups excluding carboxylic acids is 1. The predicted octanol–water partition coefficient (Wildman–Crippen LogP) is 4.57. The van der Waals surface area contributed by atoms with Crippen molar-refractivity contribution in [1.29, 1.82) is 0 Å². The van der Waals surface area contributed by atoms with Crippen LogP contribution in [0.3, 0.4) is 0 Å². The van der Waals surface area contributed by atoms with Crippen molar-refractivity contribution in [3.8, 4) is 5.75 Å². The van der Waals surface area contributed by atoms with Crippen molar-refractivity contribution in [2.75, 3.05) is 13.2 Å². The van der Waals surface area contributed by atoms with E-state index in [0.29, 0.717) is 18.5 Å². The van der Waals surface area contributed by atoms with Crippen LogP contribution >= 0.6 is 0 Å². The Hall–Kier alpha value is -3.87. The molecule has 0 aliphatic carbocycles. The van der Waals surface area contributed by atoms with Crippen LogP contribution in [0.2, 0.25) is 0 Å². The Labute approximate surface area is 184 Å². The highest BCUT2D eigenvalue weighted by atomic mass is 19.1. The number of carbonyl (C=O) groups is 2. The van der Waals surface area contributed by atoms with Crippen molar-refractivity contribution >= 4 is 12.1 Å². The number of nitrogens with zero attached hydrogens (tertiary/aromatic N) is 1. The number of rotatable bonds is 6. The summed E-state index contributed by atoms with van der Waals surface area (Å²) in [6, 6.07) is 20.1. The molecule has 0 aromatic heterocycles. The van der Waals surface area contributed by atoms with Gasteiger partial charge in [0, 0.05) is 12.1 Å². The highest BCUT2D eigenvalue weighted by Gasteiger charge is 2.35. The van der Waals surface area contributed by atoms with Gasteiger partial charge in [-0.25, -0.2) is 14.0 Å². The van der Waals surface area contributed by atoms with Gasteiger partial charge in [-0.15, -0.1) is 0 Å². The Kier molecular flexibility index (Phi) is 6.35. The van der Waals surface area contributed by atoms with E-state index in [9.17, 15) is 14.0 Å². The van der Waals surface area contributed by atoms with Crippen LogP contribution in [0.25, 0.3) is 0 Å². The van der Waals surface area contributed by atoms with Crippen LogP contribution in [0.15, 0.2) is 72.8 Å². The number of carboxylic acid groups (broad SMARTS) is 1. The van der Waals surface area contributed by atoms with E-state index in [0.717, 1.165) is 16.7 Å². The average Bonchev–Trinajstić information content (AvgIpc) is 2.81. The molecular weight excluding hydrogens is 413 g/mol. The minimum absolute atomic E-state index is 0.107. The standard InChI is InChI=1S/C25H22FNO5/c26-19-10-11-22(31-16-23(28)29)21(14-19)24-20-9-5-4-8-18(20)12-13-27(24)25(30)32-15-17-6-2-1-3-7-17/h1-11,14,24H,12-13,15-16H2,(H,28,29)/t24-/m0/s1. The highest BCUT2D eigenvalue weighted by molar-refractivity contribution is 5.71. The zero-order valence-corrected chi connectivity index (χ0v) is 17.2. The largest absolute Gasteiger partial charge is 0.482 e. The van der Waals surface area contributed by atoms with E-state index >= 15 is 0 Å². The van der Waals surface area contributed by atoms with Gasteiger partial charge in [-0.3, -0.25) is 4.90 Å². The number of ether oxygens (including phenoxy) is 2. The summed E-state index contributed by atoms with van der Waals surface area (Å²) < 4.78 is 25.3. The molecule has 0 saturated heterocycles. The van der Waals surface area contributed by atoms with Gasteiger partial charge in [-0.1, -0.05) is 54.6 Å². The van der Waals surface area contributed by atoms with Crippen LogP contribution in [0.1, 0.15) is 28.3 Å². The molecule has 0 saturated carbocycles. The number of fused-ring (bicyclic) bond motifs is 1. The summed E-state index contributed by atoms with van der Waals surface area (Å²) in [4.78, 5) is 25.7. The van der Waals surface area contributed by atoms with Gasteiger partial charge in [0.1, 0.15) is 18.2 Å². The molecule has 3 aromatic rings. The van der Waals surface area contributed by atoms with Gasteiger partial charge in [-0.05, 0) is 41.3 Å². The molecule has 1 aliphatic rings. The molecule has 1 heterocycles. The minimum atomic E-state index is -1.15. The lowest BCUT2D eigenvalue weighted by Crippen LogP contribution is -2.41. The number of benzene rings is 3. The summed E-state index contributed by atoms with van der Waals surface area (Å²) in [5.41, 5.74) is 3.07. The molecule has 7 heteroatoms. The summed E-state index contributed by atoms with van der Waals surface area (Å²) in [6.07, 6.45) is 0.0788. The van der Waals surface area contributed by atoms with Crippen molar-refractivity contribution in [2.24, 2.45) is 0 Å². The molecule has 0 unspecified atom stereocenters. The number of carboxylic acids is 1. The minimum Gasteiger partial charge on any atom is -0.482 e. The van der Waals surface area contributed by atoms with E-state index in [1.54, 1.807) is 0 Å². The maximum atomic E-state index is 14.3. The van der Waals surface area contributed by atoms with Crippen LogP contribution in [-0.2, 0) is 22.6 Å². The Morgan fingerprint density at radius 1 is 1.00 bits per heavy atom. The lowest BCUT2D eigenvalue weighted by atomic mass is 9.88. The van der Waals surface area contributed by atoms with E-state index < -0.39 is 30.5 Å². The number of hydrogen-bond acceptors (Lipinski definition) is 4. The third-order valence-electron chi connectivity index (χ3n) is 5.34. The van der Waals surface area contributed by atoms with Crippen molar-refractivity contribution in [3.63, 3.8) is 0 Å². The first-order chi connectivity index (χ1) is 15.5. The van der Waals surface area contributed by atoms with E-state index in [-0.39, 0.29) is 12.4 Å². The quantitative estimate of drug-likeness (QED) is 0.614. The fraction of sp³-hybridized carbons (Fsp3) is 0.200. The summed E-state index contributed by atoms with van der Waals surface area (Å²) in [5.74, 6) is -1.46. The van der Waals surface area contributed by atoms with Gasteiger partial charge < -0.3 is 14.6 Å². The summed E-state index contributed by atoms with van der Waals surface area (Å²) >= 11 is 0. The third-order valence-corrected chi connectivity index (χ3v) is 5.34. The first-order valence-corrected chi connectivity index (χ1v) is 10.2. The van der Waals surface area contributed by atoms with Crippen LogP contribution in [0, 0.1) is 5.82 Å². The van der Waals surface area contributed by atoms with E-state index in [1.165, 1.54) is 23.1 Å². The second-order valence-electron chi connectivity index (χ2n) is 7.45. The molecule has 0 spiro atoms. The van der Waals surface area contributed by atoms with Crippen molar-refractivity contribution in [1.82, 2.24) is 4.90 Å². The molecule has 4 rings (SSSR count). The maximum absolute atomic E-state index is 14.3. The first-order valence-electron chi connectivity index (χ1n) is 10.2. The van der Waals surface area contributed by atoms with Crippen LogP contribution in [0.5, 0.6) is 5.75 Å². The average molecular weight is 435 g/mol. The van der Waals surface area contributed by atoms with Crippen LogP contribution < -0.4 is 4.74 Å². The maximum Gasteiger partial charge on any atom is 0.410 e. The normalized spacial score (nSPS) is 15.0. The summed E-state index contributed by atoms with van der Waals surface area (Å²) in [5, 5.41) is 9.02. The number of aliphatic carboxylic acids is 1. The van der Waals surface area contributed by atoms with Gasteiger partial charge in [0.25, 0.3) is 0 Å². The molecule has 0 radical (unpaired) electrons. The Balaban J connectivity index is 1.69. The third kappa shape index (κ3) is 4.72. The van der Waals surface area contributed by atoms with Crippen LogP contribution in [-0.4, -0.2) is 35.2 Å². The molecular formula is C25H22FNO5. The smallest absolute Gasteiger partial charge is 0.410 e. The molecule has 1 aliphatic heterocycles. The molecule has 1 amide bonds. The van der Waals surface area contributed by atoms with E-state index in [2.05, 4.69) is 0 Å². The molecule has 3 aromatic carbocycles. The van der Waals surface area contributed by atoms with Crippen molar-refractivity contribution in [3.05, 3.63) is 101 Å². The van der Waals surface area contributed by atoms with Crippen molar-refractivity contribution < 1.29 is 28.6 Å². The molecule has 6 nitrogen and oxygen atoms in total. The molecule has 32 heavy (non-hydrogen) atoms. The van der Waals surface area contributed by atoms with Gasteiger partial charge in [0.2, 0.25) is 0 Å². The molecule has 1 atom stereocenters. The van der Waals surface area contributed by atoms with Crippen molar-refractivity contribution in [2.45, 2.75) is 19.1 Å². The monoisotopic (exact) mass is 435 g/mol. The molecule has 0 fully saturated rings. The predicted molar refractivity (Wildman–Crippen MR) is 115 cm³/mol. The summed E-state index contributed by atoms with van der Waals surface area (Å²) in [7, 11) is 0. The molecule has 0 bridgehead atoms. The van der Waals surface area contributed by atoms with Gasteiger partial charge in [0.15, 0.2) is 6.61 Å². The Morgan fingerprint density at radius 3 is 2.53 bits per heavy atom. The highest BCUT2D eigenvalue weighted by Crippen LogP contribution is 2.40.